The predicted octanol–water partition coefficient (Wildman–Crippen LogP) is 2.10. The zero-order valence-electron chi connectivity index (χ0n) is 9.90. The number of ketones is 1. The number of anilines is 1. The van der Waals surface area contributed by atoms with Crippen molar-refractivity contribution in [3.05, 3.63) is 17.9 Å². The van der Waals surface area contributed by atoms with Crippen molar-refractivity contribution in [3.8, 4) is 0 Å². The minimum absolute atomic E-state index is 0.0415. The first-order valence-electron chi connectivity index (χ1n) is 5.57. The molecule has 1 saturated heterocycles. The van der Waals surface area contributed by atoms with Crippen LogP contribution in [0.4, 0.5) is 5.88 Å². The molecule has 0 aromatic carbocycles. The van der Waals surface area contributed by atoms with Gasteiger partial charge in [0.1, 0.15) is 0 Å². The Morgan fingerprint density at radius 2 is 2.19 bits per heavy atom. The molecular weight excluding hydrogens is 206 g/mol. The van der Waals surface area contributed by atoms with Gasteiger partial charge in [0.2, 0.25) is 0 Å². The molecule has 4 nitrogen and oxygen atoms in total. The number of hydrogen-bond acceptors (Lipinski definition) is 4. The van der Waals surface area contributed by atoms with E-state index in [2.05, 4.69) is 11.8 Å². The number of carbonyl (C=O) groups is 1. The van der Waals surface area contributed by atoms with Crippen LogP contribution >= 0.6 is 0 Å². The first-order valence-corrected chi connectivity index (χ1v) is 5.57. The molecule has 0 amide bonds. The van der Waals surface area contributed by atoms with Gasteiger partial charge in [-0.15, -0.1) is 0 Å². The fourth-order valence-electron chi connectivity index (χ4n) is 1.88. The fourth-order valence-corrected chi connectivity index (χ4v) is 1.88. The third-order valence-electron chi connectivity index (χ3n) is 2.83. The Hall–Kier alpha value is -1.29. The molecule has 0 N–H and O–H groups in total. The first kappa shape index (κ1) is 11.2. The Morgan fingerprint density at radius 1 is 1.44 bits per heavy atom. The summed E-state index contributed by atoms with van der Waals surface area (Å²) >= 11 is 0. The van der Waals surface area contributed by atoms with Crippen LogP contribution < -0.4 is 4.90 Å². The molecular formula is C12H17NO3. The van der Waals surface area contributed by atoms with Crippen LogP contribution in [0.5, 0.6) is 0 Å². The van der Waals surface area contributed by atoms with Crippen LogP contribution in [0, 0.1) is 0 Å². The molecule has 0 spiro atoms. The molecule has 2 rings (SSSR count). The van der Waals surface area contributed by atoms with Crippen LogP contribution in [0.25, 0.3) is 0 Å². The van der Waals surface area contributed by atoms with Gasteiger partial charge < -0.3 is 14.1 Å². The number of furan rings is 1. The number of rotatable bonds is 2. The molecule has 0 saturated carbocycles. The molecule has 4 heteroatoms. The monoisotopic (exact) mass is 223 g/mol. The summed E-state index contributed by atoms with van der Waals surface area (Å²) in [5.74, 6) is 1.13. The number of morpholine rings is 1. The zero-order valence-corrected chi connectivity index (χ0v) is 9.90. The topological polar surface area (TPSA) is 42.7 Å². The van der Waals surface area contributed by atoms with E-state index in [1.54, 1.807) is 6.07 Å². The quantitative estimate of drug-likeness (QED) is 0.720. The highest BCUT2D eigenvalue weighted by Gasteiger charge is 2.25. The minimum atomic E-state index is -0.0415. The summed E-state index contributed by atoms with van der Waals surface area (Å²) in [5, 5.41) is 0. The molecule has 2 heterocycles. The molecule has 88 valence electrons. The Kier molecular flexibility index (Phi) is 3.01. The maximum atomic E-state index is 11.2. The van der Waals surface area contributed by atoms with Gasteiger partial charge >= 0.3 is 0 Å². The molecule has 16 heavy (non-hydrogen) atoms. The lowest BCUT2D eigenvalue weighted by Gasteiger charge is -2.36. The van der Waals surface area contributed by atoms with Crippen LogP contribution in [0.15, 0.2) is 16.5 Å². The Balaban J connectivity index is 2.18. The van der Waals surface area contributed by atoms with Gasteiger partial charge in [-0.2, -0.15) is 0 Å². The van der Waals surface area contributed by atoms with Gasteiger partial charge in [0.15, 0.2) is 17.4 Å². The summed E-state index contributed by atoms with van der Waals surface area (Å²) in [7, 11) is 0. The lowest BCUT2D eigenvalue weighted by atomic mass is 10.2. The maximum absolute atomic E-state index is 11.2. The normalized spacial score (nSPS) is 25.8. The second kappa shape index (κ2) is 4.29. The average molecular weight is 223 g/mol. The van der Waals surface area contributed by atoms with Gasteiger partial charge in [-0.3, -0.25) is 4.79 Å². The highest BCUT2D eigenvalue weighted by Crippen LogP contribution is 2.24. The summed E-state index contributed by atoms with van der Waals surface area (Å²) in [6.07, 6.45) is 0.196. The van der Waals surface area contributed by atoms with Crippen LogP contribution in [0.1, 0.15) is 31.3 Å². The molecule has 0 bridgehead atoms. The first-order chi connectivity index (χ1) is 7.58. The highest BCUT2D eigenvalue weighted by molar-refractivity contribution is 5.91. The third kappa shape index (κ3) is 2.11. The van der Waals surface area contributed by atoms with Gasteiger partial charge in [0.25, 0.3) is 0 Å². The molecule has 1 aromatic rings. The van der Waals surface area contributed by atoms with Crippen LogP contribution in [-0.2, 0) is 4.74 Å². The van der Waals surface area contributed by atoms with Gasteiger partial charge in [0.05, 0.1) is 18.8 Å². The van der Waals surface area contributed by atoms with Crippen molar-refractivity contribution in [3.63, 3.8) is 0 Å². The van der Waals surface area contributed by atoms with E-state index in [0.29, 0.717) is 12.4 Å². The molecule has 2 unspecified atom stereocenters. The molecule has 1 aromatic heterocycles. The molecule has 0 radical (unpaired) electrons. The van der Waals surface area contributed by atoms with E-state index < -0.39 is 0 Å². The standard InChI is InChI=1S/C12H17NO3/c1-8-7-15-9(2)6-13(8)12-5-4-11(16-12)10(3)14/h4-5,8-9H,6-7H2,1-3H3. The highest BCUT2D eigenvalue weighted by atomic mass is 16.5. The molecule has 1 aliphatic rings. The molecule has 1 aliphatic heterocycles. The molecule has 1 fully saturated rings. The third-order valence-corrected chi connectivity index (χ3v) is 2.83. The summed E-state index contributed by atoms with van der Waals surface area (Å²) < 4.78 is 11.1. The van der Waals surface area contributed by atoms with E-state index in [-0.39, 0.29) is 17.9 Å². The number of Topliss-reactive ketones (excluding diaryl/α,β-unsaturated/α-hetero) is 1. The summed E-state index contributed by atoms with van der Waals surface area (Å²) in [6.45, 7) is 7.12. The summed E-state index contributed by atoms with van der Waals surface area (Å²) in [5.41, 5.74) is 0. The van der Waals surface area contributed by atoms with Gasteiger partial charge in [-0.25, -0.2) is 0 Å². The lowest BCUT2D eigenvalue weighted by Crippen LogP contribution is -2.47. The summed E-state index contributed by atoms with van der Waals surface area (Å²) in [4.78, 5) is 13.3. The van der Waals surface area contributed by atoms with Gasteiger partial charge in [0, 0.05) is 19.5 Å². The van der Waals surface area contributed by atoms with Crippen LogP contribution in [-0.4, -0.2) is 31.1 Å². The molecule has 0 aliphatic carbocycles. The van der Waals surface area contributed by atoms with E-state index in [0.717, 1.165) is 12.4 Å². The minimum Gasteiger partial charge on any atom is -0.437 e. The zero-order chi connectivity index (χ0) is 11.7. The van der Waals surface area contributed by atoms with Gasteiger partial charge in [-0.1, -0.05) is 0 Å². The van der Waals surface area contributed by atoms with Crippen molar-refractivity contribution in [2.45, 2.75) is 32.9 Å². The Bertz CT molecular complexity index is 385. The van der Waals surface area contributed by atoms with Crippen molar-refractivity contribution in [1.29, 1.82) is 0 Å². The fraction of sp³-hybridized carbons (Fsp3) is 0.583. The van der Waals surface area contributed by atoms with Crippen molar-refractivity contribution in [2.24, 2.45) is 0 Å². The largest absolute Gasteiger partial charge is 0.437 e. The maximum Gasteiger partial charge on any atom is 0.196 e. The molecule has 2 atom stereocenters. The lowest BCUT2D eigenvalue weighted by molar-refractivity contribution is 0.0326. The summed E-state index contributed by atoms with van der Waals surface area (Å²) in [6, 6.07) is 3.86. The smallest absolute Gasteiger partial charge is 0.196 e. The number of hydrogen-bond donors (Lipinski definition) is 0. The number of nitrogens with zero attached hydrogens (tertiary/aromatic N) is 1. The van der Waals surface area contributed by atoms with Crippen LogP contribution in [0.3, 0.4) is 0 Å². The average Bonchev–Trinajstić information content (AvgIpc) is 2.70. The van der Waals surface area contributed by atoms with Gasteiger partial charge in [-0.05, 0) is 19.9 Å². The van der Waals surface area contributed by atoms with Crippen molar-refractivity contribution in [1.82, 2.24) is 0 Å². The second-order valence-electron chi connectivity index (χ2n) is 4.34. The van der Waals surface area contributed by atoms with E-state index in [9.17, 15) is 4.79 Å². The SMILES string of the molecule is CC(=O)c1ccc(N2CC(C)OCC2C)o1. The van der Waals surface area contributed by atoms with E-state index in [1.165, 1.54) is 6.92 Å². The van der Waals surface area contributed by atoms with Crippen molar-refractivity contribution in [2.75, 3.05) is 18.1 Å². The van der Waals surface area contributed by atoms with E-state index in [4.69, 9.17) is 9.15 Å². The predicted molar refractivity (Wildman–Crippen MR) is 60.9 cm³/mol. The number of carbonyl (C=O) groups excluding carboxylic acids is 1. The van der Waals surface area contributed by atoms with E-state index >= 15 is 0 Å². The van der Waals surface area contributed by atoms with Crippen molar-refractivity contribution >= 4 is 11.7 Å². The second-order valence-corrected chi connectivity index (χ2v) is 4.34. The number of ether oxygens (including phenoxy) is 1. The van der Waals surface area contributed by atoms with Crippen molar-refractivity contribution < 1.29 is 13.9 Å². The van der Waals surface area contributed by atoms with E-state index in [1.807, 2.05) is 13.0 Å². The Labute approximate surface area is 95.2 Å². The van der Waals surface area contributed by atoms with Crippen LogP contribution in [0.2, 0.25) is 0 Å². The Morgan fingerprint density at radius 3 is 2.81 bits per heavy atom.